The van der Waals surface area contributed by atoms with Gasteiger partial charge in [0.2, 0.25) is 6.08 Å². The van der Waals surface area contributed by atoms with Crippen molar-refractivity contribution >= 4 is 6.08 Å². The van der Waals surface area contributed by atoms with Crippen molar-refractivity contribution in [3.05, 3.63) is 0 Å². The molecular weight excluding hydrogens is 162 g/mol. The fourth-order valence-electron chi connectivity index (χ4n) is 2.15. The molecule has 0 radical (unpaired) electrons. The van der Waals surface area contributed by atoms with Crippen LogP contribution in [0.4, 0.5) is 0 Å². The molecule has 0 saturated heterocycles. The van der Waals surface area contributed by atoms with Gasteiger partial charge in [-0.15, -0.1) is 0 Å². The molecule has 0 aromatic heterocycles. The molecule has 0 N–H and O–H groups in total. The first-order valence-electron chi connectivity index (χ1n) is 5.11. The van der Waals surface area contributed by atoms with Crippen LogP contribution < -0.4 is 0 Å². The summed E-state index contributed by atoms with van der Waals surface area (Å²) in [5.41, 5.74) is 0.413. The minimum atomic E-state index is 0.260. The SMILES string of the molecule is CC(C)(C)C1CCC(N=C=O)CC1. The molecule has 1 fully saturated rings. The van der Waals surface area contributed by atoms with Crippen LogP contribution in [-0.2, 0) is 4.79 Å². The van der Waals surface area contributed by atoms with Crippen molar-refractivity contribution in [3.63, 3.8) is 0 Å². The predicted octanol–water partition coefficient (Wildman–Crippen LogP) is 2.93. The lowest BCUT2D eigenvalue weighted by Crippen LogP contribution is -2.27. The number of hydrogen-bond donors (Lipinski definition) is 0. The largest absolute Gasteiger partial charge is 0.235 e. The van der Waals surface area contributed by atoms with Crippen molar-refractivity contribution in [1.82, 2.24) is 0 Å². The summed E-state index contributed by atoms with van der Waals surface area (Å²) in [6.45, 7) is 6.88. The number of carbonyl (C=O) groups excluding carboxylic acids is 1. The molecule has 13 heavy (non-hydrogen) atoms. The van der Waals surface area contributed by atoms with Crippen LogP contribution in [0.1, 0.15) is 46.5 Å². The van der Waals surface area contributed by atoms with Crippen molar-refractivity contribution in [2.24, 2.45) is 16.3 Å². The van der Waals surface area contributed by atoms with Crippen molar-refractivity contribution in [3.8, 4) is 0 Å². The Morgan fingerprint density at radius 2 is 1.69 bits per heavy atom. The molecule has 1 aliphatic carbocycles. The van der Waals surface area contributed by atoms with E-state index in [4.69, 9.17) is 0 Å². The van der Waals surface area contributed by atoms with Gasteiger partial charge in [0.05, 0.1) is 6.04 Å². The topological polar surface area (TPSA) is 29.4 Å². The molecular formula is C11H19NO. The van der Waals surface area contributed by atoms with Crippen molar-refractivity contribution in [2.45, 2.75) is 52.5 Å². The average molecular weight is 181 g/mol. The minimum Gasteiger partial charge on any atom is -0.211 e. The van der Waals surface area contributed by atoms with Crippen LogP contribution in [-0.4, -0.2) is 12.1 Å². The summed E-state index contributed by atoms with van der Waals surface area (Å²) in [6.07, 6.45) is 6.21. The highest BCUT2D eigenvalue weighted by Crippen LogP contribution is 2.38. The van der Waals surface area contributed by atoms with Crippen LogP contribution >= 0.6 is 0 Å². The van der Waals surface area contributed by atoms with Gasteiger partial charge in [-0.25, -0.2) is 9.79 Å². The van der Waals surface area contributed by atoms with E-state index in [0.717, 1.165) is 18.8 Å². The maximum absolute atomic E-state index is 10.1. The molecule has 1 aliphatic rings. The molecule has 2 heteroatoms. The van der Waals surface area contributed by atoms with Gasteiger partial charge in [-0.2, -0.15) is 0 Å². The molecule has 0 bridgehead atoms. The highest BCUT2D eigenvalue weighted by molar-refractivity contribution is 5.33. The smallest absolute Gasteiger partial charge is 0.211 e. The van der Waals surface area contributed by atoms with Crippen LogP contribution in [0.25, 0.3) is 0 Å². The van der Waals surface area contributed by atoms with Gasteiger partial charge in [0.1, 0.15) is 0 Å². The lowest BCUT2D eigenvalue weighted by molar-refractivity contribution is 0.170. The standard InChI is InChI=1S/C11H19NO/c1-11(2,3)9-4-6-10(7-5-9)12-8-13/h9-10H,4-7H2,1-3H3. The van der Waals surface area contributed by atoms with E-state index in [-0.39, 0.29) is 6.04 Å². The van der Waals surface area contributed by atoms with E-state index in [0.29, 0.717) is 5.41 Å². The molecule has 0 atom stereocenters. The van der Waals surface area contributed by atoms with Gasteiger partial charge >= 0.3 is 0 Å². The van der Waals surface area contributed by atoms with Gasteiger partial charge in [0.25, 0.3) is 0 Å². The van der Waals surface area contributed by atoms with Crippen molar-refractivity contribution in [2.75, 3.05) is 0 Å². The Balaban J connectivity index is 2.43. The first kappa shape index (κ1) is 10.5. The summed E-state index contributed by atoms with van der Waals surface area (Å²) >= 11 is 0. The van der Waals surface area contributed by atoms with E-state index < -0.39 is 0 Å². The number of nitrogens with zero attached hydrogens (tertiary/aromatic N) is 1. The van der Waals surface area contributed by atoms with E-state index in [1.165, 1.54) is 12.8 Å². The van der Waals surface area contributed by atoms with Crippen LogP contribution in [0.2, 0.25) is 0 Å². The van der Waals surface area contributed by atoms with Crippen molar-refractivity contribution in [1.29, 1.82) is 0 Å². The number of rotatable bonds is 1. The van der Waals surface area contributed by atoms with Crippen LogP contribution in [0.15, 0.2) is 4.99 Å². The fraction of sp³-hybridized carbons (Fsp3) is 0.909. The molecule has 0 aromatic rings. The summed E-state index contributed by atoms with van der Waals surface area (Å²) in [5.74, 6) is 0.797. The second kappa shape index (κ2) is 4.06. The normalized spacial score (nSPS) is 29.5. The number of isocyanates is 1. The zero-order valence-corrected chi connectivity index (χ0v) is 8.84. The van der Waals surface area contributed by atoms with Gasteiger partial charge < -0.3 is 0 Å². The predicted molar refractivity (Wildman–Crippen MR) is 53.3 cm³/mol. The Kier molecular flexibility index (Phi) is 3.27. The maximum Gasteiger partial charge on any atom is 0.235 e. The zero-order chi connectivity index (χ0) is 9.90. The van der Waals surface area contributed by atoms with Gasteiger partial charge in [-0.1, -0.05) is 20.8 Å². The Hall–Kier alpha value is -0.620. The van der Waals surface area contributed by atoms with E-state index in [1.54, 1.807) is 6.08 Å². The van der Waals surface area contributed by atoms with Crippen LogP contribution in [0.3, 0.4) is 0 Å². The average Bonchev–Trinajstić information content (AvgIpc) is 2.04. The van der Waals surface area contributed by atoms with E-state index >= 15 is 0 Å². The quantitative estimate of drug-likeness (QED) is 0.451. The summed E-state index contributed by atoms with van der Waals surface area (Å²) in [6, 6.07) is 0.260. The second-order valence-electron chi connectivity index (χ2n) is 5.09. The molecule has 0 heterocycles. The zero-order valence-electron chi connectivity index (χ0n) is 8.84. The molecule has 1 rings (SSSR count). The molecule has 0 spiro atoms. The second-order valence-corrected chi connectivity index (χ2v) is 5.09. The molecule has 0 amide bonds. The minimum absolute atomic E-state index is 0.260. The third-order valence-electron chi connectivity index (χ3n) is 3.16. The molecule has 0 aliphatic heterocycles. The lowest BCUT2D eigenvalue weighted by Gasteiger charge is -2.35. The first-order valence-corrected chi connectivity index (χ1v) is 5.11. The van der Waals surface area contributed by atoms with Gasteiger partial charge in [-0.05, 0) is 37.0 Å². The summed E-state index contributed by atoms with van der Waals surface area (Å²) in [5, 5.41) is 0. The number of hydrogen-bond acceptors (Lipinski definition) is 2. The monoisotopic (exact) mass is 181 g/mol. The van der Waals surface area contributed by atoms with Gasteiger partial charge in [0, 0.05) is 0 Å². The molecule has 74 valence electrons. The van der Waals surface area contributed by atoms with E-state index in [1.807, 2.05) is 0 Å². The van der Waals surface area contributed by atoms with E-state index in [2.05, 4.69) is 25.8 Å². The maximum atomic E-state index is 10.1. The number of aliphatic imine (C=N–C) groups is 1. The first-order chi connectivity index (χ1) is 6.04. The third-order valence-corrected chi connectivity index (χ3v) is 3.16. The molecule has 1 saturated carbocycles. The van der Waals surface area contributed by atoms with E-state index in [9.17, 15) is 4.79 Å². The highest BCUT2D eigenvalue weighted by atomic mass is 16.1. The Morgan fingerprint density at radius 3 is 2.08 bits per heavy atom. The molecule has 2 nitrogen and oxygen atoms in total. The van der Waals surface area contributed by atoms with Crippen LogP contribution in [0, 0.1) is 11.3 Å². The third kappa shape index (κ3) is 2.96. The lowest BCUT2D eigenvalue weighted by atomic mass is 9.71. The van der Waals surface area contributed by atoms with Crippen molar-refractivity contribution < 1.29 is 4.79 Å². The Labute approximate surface area is 80.4 Å². The Morgan fingerprint density at radius 1 is 1.15 bits per heavy atom. The van der Waals surface area contributed by atoms with Crippen LogP contribution in [0.5, 0.6) is 0 Å². The van der Waals surface area contributed by atoms with Gasteiger partial charge in [0.15, 0.2) is 0 Å². The Bertz CT molecular complexity index is 203. The summed E-state index contributed by atoms with van der Waals surface area (Å²) in [4.78, 5) is 13.9. The highest BCUT2D eigenvalue weighted by Gasteiger charge is 2.29. The summed E-state index contributed by atoms with van der Waals surface area (Å²) < 4.78 is 0. The fourth-order valence-corrected chi connectivity index (χ4v) is 2.15. The van der Waals surface area contributed by atoms with Gasteiger partial charge in [-0.3, -0.25) is 0 Å². The molecule has 0 aromatic carbocycles. The summed E-state index contributed by atoms with van der Waals surface area (Å²) in [7, 11) is 0. The molecule has 0 unspecified atom stereocenters.